The average Bonchev–Trinajstić information content (AvgIpc) is 3.25. The highest BCUT2D eigenvalue weighted by atomic mass is 31.2. The lowest BCUT2D eigenvalue weighted by atomic mass is 9.97. The van der Waals surface area contributed by atoms with Crippen molar-refractivity contribution in [1.82, 2.24) is 24.6 Å². The van der Waals surface area contributed by atoms with Crippen LogP contribution in [0.1, 0.15) is 58.2 Å². The van der Waals surface area contributed by atoms with Crippen LogP contribution in [0.2, 0.25) is 0 Å². The fourth-order valence-corrected chi connectivity index (χ4v) is 7.13. The summed E-state index contributed by atoms with van der Waals surface area (Å²) in [6, 6.07) is 7.87. The van der Waals surface area contributed by atoms with Crippen molar-refractivity contribution in [3.05, 3.63) is 48.0 Å². The van der Waals surface area contributed by atoms with Gasteiger partial charge in [0.05, 0.1) is 31.0 Å². The predicted octanol–water partition coefficient (Wildman–Crippen LogP) is 4.69. The molecular weight excluding hydrogens is 491 g/mol. The topological polar surface area (TPSA) is 134 Å². The van der Waals surface area contributed by atoms with Gasteiger partial charge in [-0.25, -0.2) is 15.0 Å². The summed E-state index contributed by atoms with van der Waals surface area (Å²) in [6.07, 6.45) is 3.50. The van der Waals surface area contributed by atoms with Gasteiger partial charge in [0.2, 0.25) is 0 Å². The van der Waals surface area contributed by atoms with Crippen molar-refractivity contribution in [3.63, 3.8) is 0 Å². The highest BCUT2D eigenvalue weighted by Gasteiger charge is 2.39. The number of esters is 1. The number of carbonyl (C=O) groups is 1. The Hall–Kier alpha value is -2.81. The molecule has 3 rings (SSSR count). The van der Waals surface area contributed by atoms with E-state index in [2.05, 4.69) is 20.0 Å². The van der Waals surface area contributed by atoms with Crippen molar-refractivity contribution in [2.24, 2.45) is 5.41 Å². The number of nitrogens with one attached hydrogen (secondary N) is 1. The zero-order valence-corrected chi connectivity index (χ0v) is 23.5. The van der Waals surface area contributed by atoms with E-state index in [1.807, 2.05) is 56.5 Å². The third kappa shape index (κ3) is 7.60. The monoisotopic (exact) mass is 530 g/mol. The Bertz CT molecular complexity index is 1240. The number of nitrogens with zero attached hydrogens (tertiary/aromatic N) is 4. The fraction of sp³-hybridized carbons (Fsp3) is 0.538. The summed E-state index contributed by atoms with van der Waals surface area (Å²) < 4.78 is 27.7. The second-order valence-electron chi connectivity index (χ2n) is 10.3. The molecule has 0 radical (unpaired) electrons. The Morgan fingerprint density at radius 3 is 2.57 bits per heavy atom. The van der Waals surface area contributed by atoms with Gasteiger partial charge in [-0.3, -0.25) is 9.88 Å². The number of hydrogen-bond acceptors (Lipinski definition) is 8. The number of nitrogens with two attached hydrogens (primary N) is 1. The maximum absolute atomic E-state index is 14.3. The molecule has 3 atom stereocenters. The molecular formula is C26H39N6O4P. The van der Waals surface area contributed by atoms with Gasteiger partial charge < -0.3 is 24.3 Å². The van der Waals surface area contributed by atoms with Gasteiger partial charge in [0.25, 0.3) is 0 Å². The Kier molecular flexibility index (Phi) is 9.45. The van der Waals surface area contributed by atoms with Gasteiger partial charge in [-0.1, -0.05) is 36.8 Å². The summed E-state index contributed by atoms with van der Waals surface area (Å²) >= 11 is 0. The number of imidazole rings is 1. The van der Waals surface area contributed by atoms with Crippen LogP contribution in [0.3, 0.4) is 0 Å². The minimum atomic E-state index is -3.20. The fourth-order valence-electron chi connectivity index (χ4n) is 4.11. The van der Waals surface area contributed by atoms with E-state index in [1.54, 1.807) is 20.2 Å². The summed E-state index contributed by atoms with van der Waals surface area (Å²) in [5.41, 5.74) is 8.23. The van der Waals surface area contributed by atoms with Crippen LogP contribution in [-0.2, 0) is 25.4 Å². The van der Waals surface area contributed by atoms with E-state index in [9.17, 15) is 9.36 Å². The van der Waals surface area contributed by atoms with E-state index in [4.69, 9.17) is 15.2 Å². The first-order chi connectivity index (χ1) is 17.4. The molecule has 2 aromatic heterocycles. The van der Waals surface area contributed by atoms with Crippen LogP contribution in [0, 0.1) is 12.3 Å². The number of carbonyl (C=O) groups excluding carboxylic acids is 1. The van der Waals surface area contributed by atoms with E-state index >= 15 is 0 Å². The van der Waals surface area contributed by atoms with Crippen molar-refractivity contribution in [2.75, 3.05) is 24.9 Å². The van der Waals surface area contributed by atoms with Crippen LogP contribution < -0.4 is 10.8 Å². The maximum atomic E-state index is 14.3. The molecule has 1 aromatic carbocycles. The van der Waals surface area contributed by atoms with Gasteiger partial charge in [0, 0.05) is 12.2 Å². The molecule has 0 aliphatic carbocycles. The molecule has 3 N–H and O–H groups in total. The predicted molar refractivity (Wildman–Crippen MR) is 145 cm³/mol. The summed E-state index contributed by atoms with van der Waals surface area (Å²) in [5, 5.41) is 3.31. The van der Waals surface area contributed by atoms with Gasteiger partial charge in [-0.2, -0.15) is 0 Å². The molecule has 3 aromatic rings. The summed E-state index contributed by atoms with van der Waals surface area (Å²) in [7, 11) is -3.20. The largest absolute Gasteiger partial charge is 0.465 e. The van der Waals surface area contributed by atoms with Crippen molar-refractivity contribution in [3.8, 4) is 0 Å². The molecule has 0 saturated heterocycles. The van der Waals surface area contributed by atoms with E-state index in [0.717, 1.165) is 17.5 Å². The highest BCUT2D eigenvalue weighted by Crippen LogP contribution is 2.49. The van der Waals surface area contributed by atoms with Crippen LogP contribution in [0.5, 0.6) is 0 Å². The Balaban J connectivity index is 1.76. The van der Waals surface area contributed by atoms with Crippen LogP contribution in [-0.4, -0.2) is 50.7 Å². The van der Waals surface area contributed by atoms with Crippen molar-refractivity contribution in [1.29, 1.82) is 0 Å². The Labute approximate surface area is 218 Å². The van der Waals surface area contributed by atoms with E-state index in [0.29, 0.717) is 30.1 Å². The lowest BCUT2D eigenvalue weighted by molar-refractivity contribution is -0.152. The van der Waals surface area contributed by atoms with E-state index < -0.39 is 12.7 Å². The first-order valence-electron chi connectivity index (χ1n) is 12.6. The van der Waals surface area contributed by atoms with Gasteiger partial charge in [-0.15, -0.1) is 0 Å². The molecule has 0 aliphatic rings. The highest BCUT2D eigenvalue weighted by molar-refractivity contribution is 7.61. The molecule has 2 heterocycles. The number of hydrogen-bond donors (Lipinski definition) is 2. The number of benzene rings is 1. The molecule has 0 spiro atoms. The minimum absolute atomic E-state index is 0.0430. The number of rotatable bonds is 13. The Morgan fingerprint density at radius 2 is 1.89 bits per heavy atom. The summed E-state index contributed by atoms with van der Waals surface area (Å²) in [6.45, 7) is 12.1. The van der Waals surface area contributed by atoms with Crippen molar-refractivity contribution < 1.29 is 18.8 Å². The molecule has 0 fully saturated rings. The maximum Gasteiger partial charge on any atom is 0.312 e. The molecule has 11 heteroatoms. The lowest BCUT2D eigenvalue weighted by Crippen LogP contribution is -2.35. The normalized spacial score (nSPS) is 15.3. The van der Waals surface area contributed by atoms with Crippen LogP contribution in [0.15, 0.2) is 36.9 Å². The molecule has 202 valence electrons. The van der Waals surface area contributed by atoms with Gasteiger partial charge in [0.1, 0.15) is 18.2 Å². The first kappa shape index (κ1) is 28.8. The summed E-state index contributed by atoms with van der Waals surface area (Å²) in [4.78, 5) is 25.3. The van der Waals surface area contributed by atoms with Crippen LogP contribution in [0.4, 0.5) is 5.82 Å². The zero-order valence-electron chi connectivity index (χ0n) is 22.6. The van der Waals surface area contributed by atoms with Crippen LogP contribution >= 0.6 is 7.29 Å². The molecule has 37 heavy (non-hydrogen) atoms. The number of aromatic nitrogens is 4. The average molecular weight is 531 g/mol. The molecule has 1 unspecified atom stereocenters. The molecule has 0 saturated carbocycles. The number of nitrogen functional groups attached to an aromatic ring is 1. The van der Waals surface area contributed by atoms with Gasteiger partial charge in [-0.05, 0) is 46.6 Å². The van der Waals surface area contributed by atoms with E-state index in [-0.39, 0.29) is 30.6 Å². The minimum Gasteiger partial charge on any atom is -0.465 e. The standard InChI is InChI=1S/C26H39N6O4P/c1-7-12-35-25(33)26(5,6)14-37(34,31-20(4)21-10-8-18(2)9-11-21)17-36-19(3)13-32-16-30-22-23(27)28-15-29-24(22)32/h8-11,15-16,19-20H,7,12-14,17H2,1-6H3,(H,31,34)(H2,27,28,29)/t19-,20+,37?/m1/s1. The number of ether oxygens (including phenoxy) is 2. The van der Waals surface area contributed by atoms with Crippen LogP contribution in [0.25, 0.3) is 11.2 Å². The zero-order chi connectivity index (χ0) is 27.2. The first-order valence-corrected chi connectivity index (χ1v) is 14.6. The van der Waals surface area contributed by atoms with Gasteiger partial charge >= 0.3 is 5.97 Å². The van der Waals surface area contributed by atoms with Gasteiger partial charge in [0.15, 0.2) is 18.8 Å². The second-order valence-corrected chi connectivity index (χ2v) is 12.9. The molecule has 0 bridgehead atoms. The third-order valence-corrected chi connectivity index (χ3v) is 8.82. The third-order valence-electron chi connectivity index (χ3n) is 6.10. The lowest BCUT2D eigenvalue weighted by Gasteiger charge is -2.31. The molecule has 0 amide bonds. The summed E-state index contributed by atoms with van der Waals surface area (Å²) in [5.74, 6) is -0.0529. The number of fused-ring (bicyclic) bond motifs is 1. The smallest absolute Gasteiger partial charge is 0.312 e. The molecule has 0 aliphatic heterocycles. The quantitative estimate of drug-likeness (QED) is 0.238. The number of aryl methyl sites for hydroxylation is 1. The van der Waals surface area contributed by atoms with Crippen molar-refractivity contribution in [2.45, 2.75) is 66.7 Å². The number of anilines is 1. The van der Waals surface area contributed by atoms with Crippen molar-refractivity contribution >= 4 is 30.2 Å². The SMILES string of the molecule is CCCOC(=O)C(C)(C)CP(=O)(CO[C@H](C)Cn1cnc2c(N)ncnc21)N[C@@H](C)c1ccc(C)cc1. The second kappa shape index (κ2) is 12.2. The van der Waals surface area contributed by atoms with E-state index in [1.165, 1.54) is 6.33 Å². The Morgan fingerprint density at radius 1 is 1.19 bits per heavy atom. The molecule has 10 nitrogen and oxygen atoms in total.